The Morgan fingerprint density at radius 2 is 1.81 bits per heavy atom. The van der Waals surface area contributed by atoms with Crippen molar-refractivity contribution in [1.82, 2.24) is 0 Å². The van der Waals surface area contributed by atoms with Crippen LogP contribution in [0.25, 0.3) is 0 Å². The van der Waals surface area contributed by atoms with Gasteiger partial charge in [0.05, 0.1) is 0 Å². The second-order valence-corrected chi connectivity index (χ2v) is 4.96. The van der Waals surface area contributed by atoms with Crippen LogP contribution in [0.4, 0.5) is 0 Å². The third-order valence-corrected chi connectivity index (χ3v) is 1.97. The van der Waals surface area contributed by atoms with Gasteiger partial charge in [-0.2, -0.15) is 12.6 Å². The molecule has 0 atom stereocenters. The van der Waals surface area contributed by atoms with Gasteiger partial charge in [-0.1, -0.05) is 11.8 Å². The van der Waals surface area contributed by atoms with Gasteiger partial charge in [-0.25, -0.2) is 0 Å². The van der Waals surface area contributed by atoms with E-state index in [0.717, 1.165) is 23.5 Å². The first kappa shape index (κ1) is 13.0. The molecule has 0 aliphatic heterocycles. The molecular weight excluding hydrogens is 216 g/mol. The minimum absolute atomic E-state index is 0.154. The number of hydrogen-bond acceptors (Lipinski definition) is 2. The van der Waals surface area contributed by atoms with Crippen LogP contribution < -0.4 is 4.74 Å². The summed E-state index contributed by atoms with van der Waals surface area (Å²) in [5.41, 5.74) is 0.863. The SMILES string of the molecule is CC(C)(C)Oc1ccc(C#CCCS)cc1. The normalized spacial score (nSPS) is 10.5. The zero-order valence-electron chi connectivity index (χ0n) is 10.1. The van der Waals surface area contributed by atoms with Crippen LogP contribution in [0.15, 0.2) is 24.3 Å². The molecule has 86 valence electrons. The van der Waals surface area contributed by atoms with Gasteiger partial charge in [0.1, 0.15) is 11.4 Å². The average molecular weight is 234 g/mol. The van der Waals surface area contributed by atoms with Gasteiger partial charge in [0, 0.05) is 17.7 Å². The minimum Gasteiger partial charge on any atom is -0.488 e. The Kier molecular flexibility index (Phi) is 4.76. The lowest BCUT2D eigenvalue weighted by Gasteiger charge is -2.21. The summed E-state index contributed by atoms with van der Waals surface area (Å²) < 4.78 is 5.72. The molecule has 2 heteroatoms. The van der Waals surface area contributed by atoms with E-state index in [1.807, 2.05) is 45.0 Å². The minimum atomic E-state index is -0.154. The zero-order valence-corrected chi connectivity index (χ0v) is 11.0. The summed E-state index contributed by atoms with van der Waals surface area (Å²) >= 11 is 4.11. The zero-order chi connectivity index (χ0) is 12.0. The quantitative estimate of drug-likeness (QED) is 0.608. The van der Waals surface area contributed by atoms with Crippen LogP contribution in [0.5, 0.6) is 5.75 Å². The van der Waals surface area contributed by atoms with Crippen molar-refractivity contribution in [2.75, 3.05) is 5.75 Å². The molecule has 0 unspecified atom stereocenters. The lowest BCUT2D eigenvalue weighted by molar-refractivity contribution is 0.131. The molecule has 0 saturated heterocycles. The van der Waals surface area contributed by atoms with Gasteiger partial charge in [0.15, 0.2) is 0 Å². The monoisotopic (exact) mass is 234 g/mol. The van der Waals surface area contributed by atoms with Crippen LogP contribution in [0.2, 0.25) is 0 Å². The van der Waals surface area contributed by atoms with Gasteiger partial charge in [0.2, 0.25) is 0 Å². The largest absolute Gasteiger partial charge is 0.488 e. The third-order valence-electron chi connectivity index (χ3n) is 1.75. The third kappa shape index (κ3) is 5.14. The van der Waals surface area contributed by atoms with Crippen LogP contribution in [0.3, 0.4) is 0 Å². The fraction of sp³-hybridized carbons (Fsp3) is 0.429. The molecule has 0 aliphatic rings. The van der Waals surface area contributed by atoms with E-state index in [-0.39, 0.29) is 5.60 Å². The van der Waals surface area contributed by atoms with Crippen molar-refractivity contribution in [1.29, 1.82) is 0 Å². The summed E-state index contributed by atoms with van der Waals surface area (Å²) in [6, 6.07) is 7.87. The fourth-order valence-electron chi connectivity index (χ4n) is 1.18. The van der Waals surface area contributed by atoms with E-state index in [9.17, 15) is 0 Å². The molecule has 0 N–H and O–H groups in total. The first-order valence-electron chi connectivity index (χ1n) is 5.40. The average Bonchev–Trinajstić information content (AvgIpc) is 2.19. The van der Waals surface area contributed by atoms with E-state index in [4.69, 9.17) is 4.74 Å². The van der Waals surface area contributed by atoms with E-state index < -0.39 is 0 Å². The van der Waals surface area contributed by atoms with Crippen LogP contribution >= 0.6 is 12.6 Å². The molecule has 0 amide bonds. The van der Waals surface area contributed by atoms with Crippen LogP contribution in [-0.4, -0.2) is 11.4 Å². The summed E-state index contributed by atoms with van der Waals surface area (Å²) in [7, 11) is 0. The van der Waals surface area contributed by atoms with Gasteiger partial charge in [0.25, 0.3) is 0 Å². The standard InChI is InChI=1S/C14H18OS/c1-14(2,3)15-13-9-7-12(8-10-13)6-4-5-11-16/h7-10,16H,5,11H2,1-3H3. The highest BCUT2D eigenvalue weighted by Gasteiger charge is 2.10. The molecule has 1 aromatic carbocycles. The van der Waals surface area contributed by atoms with Crippen LogP contribution in [-0.2, 0) is 0 Å². The van der Waals surface area contributed by atoms with Crippen molar-refractivity contribution < 1.29 is 4.74 Å². The van der Waals surface area contributed by atoms with Gasteiger partial charge >= 0.3 is 0 Å². The van der Waals surface area contributed by atoms with E-state index in [1.54, 1.807) is 0 Å². The highest BCUT2D eigenvalue weighted by Crippen LogP contribution is 2.18. The fourth-order valence-corrected chi connectivity index (χ4v) is 1.29. The Bertz CT molecular complexity index is 376. The predicted molar refractivity (Wildman–Crippen MR) is 72.2 cm³/mol. The molecular formula is C14H18OS. The van der Waals surface area contributed by atoms with Crippen molar-refractivity contribution >= 4 is 12.6 Å². The van der Waals surface area contributed by atoms with Gasteiger partial charge < -0.3 is 4.74 Å². The highest BCUT2D eigenvalue weighted by molar-refractivity contribution is 7.80. The smallest absolute Gasteiger partial charge is 0.120 e. The lowest BCUT2D eigenvalue weighted by atomic mass is 10.1. The molecule has 1 nitrogen and oxygen atoms in total. The van der Waals surface area contributed by atoms with Crippen molar-refractivity contribution in [2.24, 2.45) is 0 Å². The summed E-state index contributed by atoms with van der Waals surface area (Å²) in [6.45, 7) is 6.11. The lowest BCUT2D eigenvalue weighted by Crippen LogP contribution is -2.22. The van der Waals surface area contributed by atoms with E-state index in [1.165, 1.54) is 0 Å². The molecule has 0 aromatic heterocycles. The number of ether oxygens (including phenoxy) is 1. The molecule has 0 bridgehead atoms. The summed E-state index contributed by atoms with van der Waals surface area (Å²) in [4.78, 5) is 0. The second-order valence-electron chi connectivity index (χ2n) is 4.51. The maximum Gasteiger partial charge on any atom is 0.120 e. The maximum absolute atomic E-state index is 5.72. The first-order chi connectivity index (χ1) is 7.51. The van der Waals surface area contributed by atoms with Gasteiger partial charge in [-0.05, 0) is 45.0 Å². The molecule has 0 aliphatic carbocycles. The highest BCUT2D eigenvalue weighted by atomic mass is 32.1. The van der Waals surface area contributed by atoms with E-state index in [0.29, 0.717) is 0 Å². The number of rotatable bonds is 2. The van der Waals surface area contributed by atoms with Gasteiger partial charge in [-0.3, -0.25) is 0 Å². The van der Waals surface area contributed by atoms with Crippen LogP contribution in [0, 0.1) is 11.8 Å². The summed E-state index contributed by atoms with van der Waals surface area (Å²) in [5.74, 6) is 7.82. The molecule has 0 heterocycles. The second kappa shape index (κ2) is 5.86. The Hall–Kier alpha value is -1.07. The predicted octanol–water partition coefficient (Wildman–Crippen LogP) is 3.54. The molecule has 1 rings (SSSR count). The first-order valence-corrected chi connectivity index (χ1v) is 6.03. The van der Waals surface area contributed by atoms with E-state index in [2.05, 4.69) is 24.5 Å². The van der Waals surface area contributed by atoms with Crippen LogP contribution in [0.1, 0.15) is 32.8 Å². The molecule has 0 spiro atoms. The Balaban J connectivity index is 2.66. The number of hydrogen-bond donors (Lipinski definition) is 1. The van der Waals surface area contributed by atoms with Crippen molar-refractivity contribution in [3.63, 3.8) is 0 Å². The van der Waals surface area contributed by atoms with Crippen molar-refractivity contribution in [3.05, 3.63) is 29.8 Å². The van der Waals surface area contributed by atoms with Gasteiger partial charge in [-0.15, -0.1) is 0 Å². The molecule has 1 aromatic rings. The molecule has 0 radical (unpaired) electrons. The summed E-state index contributed by atoms with van der Waals surface area (Å²) in [5, 5.41) is 0. The Morgan fingerprint density at radius 3 is 2.31 bits per heavy atom. The Morgan fingerprint density at radius 1 is 1.19 bits per heavy atom. The number of thiol groups is 1. The Labute approximate surface area is 104 Å². The van der Waals surface area contributed by atoms with Crippen molar-refractivity contribution in [2.45, 2.75) is 32.8 Å². The van der Waals surface area contributed by atoms with E-state index >= 15 is 0 Å². The topological polar surface area (TPSA) is 9.23 Å². The molecule has 0 fully saturated rings. The maximum atomic E-state index is 5.72. The summed E-state index contributed by atoms with van der Waals surface area (Å²) in [6.07, 6.45) is 0.823. The number of benzene rings is 1. The molecule has 16 heavy (non-hydrogen) atoms. The molecule has 0 saturated carbocycles. The van der Waals surface area contributed by atoms with Crippen molar-refractivity contribution in [3.8, 4) is 17.6 Å².